The van der Waals surface area contributed by atoms with E-state index in [2.05, 4.69) is 19.9 Å². The van der Waals surface area contributed by atoms with E-state index in [1.54, 1.807) is 12.1 Å². The Kier molecular flexibility index (Phi) is 10.2. The van der Waals surface area contributed by atoms with Gasteiger partial charge in [-0.05, 0) is 93.1 Å². The van der Waals surface area contributed by atoms with Crippen molar-refractivity contribution in [3.63, 3.8) is 0 Å². The van der Waals surface area contributed by atoms with Gasteiger partial charge in [-0.1, -0.05) is 48.0 Å². The number of amides is 3. The van der Waals surface area contributed by atoms with Gasteiger partial charge in [0, 0.05) is 22.5 Å². The molecule has 0 saturated heterocycles. The molecular weight excluding hydrogens is 660 g/mol. The monoisotopic (exact) mass is 690 g/mol. The van der Waals surface area contributed by atoms with Gasteiger partial charge in [0.05, 0.1) is 6.54 Å². The largest absolute Gasteiger partial charge is 0.366 e. The van der Waals surface area contributed by atoms with Gasteiger partial charge in [-0.3, -0.25) is 9.69 Å². The fourth-order valence-electron chi connectivity index (χ4n) is 4.87. The number of anilines is 2. The van der Waals surface area contributed by atoms with Crippen LogP contribution in [0.4, 0.5) is 29.3 Å². The fraction of sp³-hybridized carbons (Fsp3) is 0.267. The van der Waals surface area contributed by atoms with E-state index >= 15 is 0 Å². The number of nitrogens with two attached hydrogens (primary N) is 1. The van der Waals surface area contributed by atoms with Crippen LogP contribution in [0.1, 0.15) is 65.1 Å². The number of alkyl halides is 3. The van der Waals surface area contributed by atoms with Crippen molar-refractivity contribution in [1.82, 2.24) is 0 Å². The quantitative estimate of drug-likeness (QED) is 0.0729. The third kappa shape index (κ3) is 7.87. The first-order valence-electron chi connectivity index (χ1n) is 13.2. The number of guanidine groups is 1. The molecule has 0 spiro atoms. The zero-order chi connectivity index (χ0) is 30.3. The van der Waals surface area contributed by atoms with Crippen molar-refractivity contribution >= 4 is 54.5 Å². The number of rotatable bonds is 8. The number of aliphatic imine (C=N–C) groups is 1. The molecule has 12 heteroatoms. The van der Waals surface area contributed by atoms with Crippen LogP contribution in [-0.4, -0.2) is 22.4 Å². The van der Waals surface area contributed by atoms with Crippen molar-refractivity contribution < 1.29 is 22.8 Å². The molecule has 0 bridgehead atoms. The molecule has 1 aliphatic carbocycles. The smallest absolute Gasteiger partial charge is 0.326 e. The maximum atomic E-state index is 14.3. The van der Waals surface area contributed by atoms with Crippen LogP contribution in [0.5, 0.6) is 0 Å². The highest BCUT2D eigenvalue weighted by Gasteiger charge is 2.29. The number of halogens is 4. The number of benzene rings is 3. The normalized spacial score (nSPS) is 14.3. The molecule has 0 radical (unpaired) electrons. The van der Waals surface area contributed by atoms with Gasteiger partial charge >= 0.3 is 9.96 Å². The van der Waals surface area contributed by atoms with Gasteiger partial charge in [0.2, 0.25) is 5.96 Å². The molecule has 8 nitrogen and oxygen atoms in total. The van der Waals surface area contributed by atoms with Crippen molar-refractivity contribution in [2.75, 3.05) is 10.2 Å². The van der Waals surface area contributed by atoms with Crippen LogP contribution in [-0.2, 0) is 10.5 Å². The average molecular weight is 691 g/mol. The molecule has 0 aliphatic heterocycles. The van der Waals surface area contributed by atoms with Crippen LogP contribution in [0.3, 0.4) is 0 Å². The van der Waals surface area contributed by atoms with E-state index in [-0.39, 0.29) is 17.8 Å². The summed E-state index contributed by atoms with van der Waals surface area (Å²) in [4.78, 5) is 30.7. The summed E-state index contributed by atoms with van der Waals surface area (Å²) in [5, 5.41) is 5.47. The molecule has 4 N–H and O–H groups in total. The molecule has 3 amide bonds. The molecule has 3 aromatic rings. The van der Waals surface area contributed by atoms with E-state index < -0.39 is 53.9 Å². The van der Waals surface area contributed by atoms with Gasteiger partial charge in [-0.15, -0.1) is 5.11 Å². The Morgan fingerprint density at radius 1 is 1.05 bits per heavy atom. The molecule has 220 valence electrons. The summed E-state index contributed by atoms with van der Waals surface area (Å²) in [6.45, 7) is 0.0548. The summed E-state index contributed by atoms with van der Waals surface area (Å²) in [6, 6.07) is 16.1. The van der Waals surface area contributed by atoms with E-state index in [0.29, 0.717) is 17.2 Å². The topological polar surface area (TPSA) is 124 Å². The standard InChI is InChI=1S/C30H30F3IN6O2/c1-34-30(32,33)23-15-24(31)17-25(16-23)37-29(42)40(26-13-11-21(12-14-26)20-5-3-2-4-6-20)18-19-7-9-22(10-8-19)27(41)38-28(35)39-36/h7-17,20,36H,1-6,18H2,(H,37,42)(H2,35,38,41). The summed E-state index contributed by atoms with van der Waals surface area (Å²) < 4.78 is 43.0. The lowest BCUT2D eigenvalue weighted by Crippen LogP contribution is -2.34. The summed E-state index contributed by atoms with van der Waals surface area (Å²) in [6.07, 6.45) is 5.82. The second kappa shape index (κ2) is 13.8. The summed E-state index contributed by atoms with van der Waals surface area (Å²) >= 11 is -1.80. The molecule has 1 fully saturated rings. The van der Waals surface area contributed by atoms with Gasteiger partial charge in [-0.25, -0.2) is 14.7 Å². The Morgan fingerprint density at radius 3 is 2.33 bits per heavy atom. The van der Waals surface area contributed by atoms with E-state index in [4.69, 9.17) is 11.3 Å². The minimum atomic E-state index is -3.25. The lowest BCUT2D eigenvalue weighted by Gasteiger charge is -2.26. The summed E-state index contributed by atoms with van der Waals surface area (Å²) in [5.41, 5.74) is 14.1. The highest BCUT2D eigenvalue weighted by Crippen LogP contribution is 2.40. The van der Waals surface area contributed by atoms with Gasteiger partial charge < -0.3 is 11.1 Å². The SMILES string of the molecule is C=IC(F)(F)c1cc(F)cc(NC(=O)N(Cc2ccc(C(=O)N=C(N)N=N)cc2)c2ccc(C3CCCCC3)cc2)c1. The number of carbonyl (C=O) groups excluding carboxylic acids is 2. The molecule has 42 heavy (non-hydrogen) atoms. The van der Waals surface area contributed by atoms with Crippen molar-refractivity contribution in [1.29, 1.82) is 5.53 Å². The Bertz CT molecular complexity index is 1490. The molecule has 0 unspecified atom stereocenters. The third-order valence-electron chi connectivity index (χ3n) is 7.04. The first-order valence-corrected chi connectivity index (χ1v) is 15.8. The van der Waals surface area contributed by atoms with Crippen LogP contribution < -0.4 is 16.0 Å². The van der Waals surface area contributed by atoms with Gasteiger partial charge in [0.1, 0.15) is 5.82 Å². The predicted molar refractivity (Wildman–Crippen MR) is 166 cm³/mol. The average Bonchev–Trinajstić information content (AvgIpc) is 3.00. The first-order chi connectivity index (χ1) is 20.1. The fourth-order valence-corrected chi connectivity index (χ4v) is 5.62. The first kappa shape index (κ1) is 31.0. The molecule has 0 aromatic heterocycles. The Hall–Kier alpha value is -3.94. The van der Waals surface area contributed by atoms with Crippen LogP contribution in [0.25, 0.3) is 0 Å². The Morgan fingerprint density at radius 2 is 1.71 bits per heavy atom. The van der Waals surface area contributed by atoms with Crippen LogP contribution in [0, 0.1) is 11.3 Å². The predicted octanol–water partition coefficient (Wildman–Crippen LogP) is 8.05. The Labute approximate surface area is 251 Å². The number of nitrogens with zero attached hydrogens (tertiary/aromatic N) is 3. The molecule has 3 aromatic carbocycles. The minimum Gasteiger partial charge on any atom is -0.366 e. The molecular formula is C30H30F3IN6O2. The number of hydrogen-bond donors (Lipinski definition) is 3. The Balaban J connectivity index is 1.62. The van der Waals surface area contributed by atoms with E-state index in [9.17, 15) is 22.8 Å². The minimum absolute atomic E-state index is 0.0548. The third-order valence-corrected chi connectivity index (χ3v) is 8.62. The molecule has 4 rings (SSSR count). The zero-order valence-electron chi connectivity index (χ0n) is 22.6. The highest BCUT2D eigenvalue weighted by molar-refractivity contribution is 14.2. The van der Waals surface area contributed by atoms with Crippen molar-refractivity contribution in [3.8, 4) is 0 Å². The van der Waals surface area contributed by atoms with Gasteiger partial charge in [-0.2, -0.15) is 13.8 Å². The second-order valence-corrected chi connectivity index (χ2v) is 12.0. The number of carbonyl (C=O) groups is 2. The van der Waals surface area contributed by atoms with E-state index in [1.807, 2.05) is 24.3 Å². The number of urea groups is 1. The summed E-state index contributed by atoms with van der Waals surface area (Å²) in [7, 11) is 0. The highest BCUT2D eigenvalue weighted by atomic mass is 127. The zero-order valence-corrected chi connectivity index (χ0v) is 24.8. The van der Waals surface area contributed by atoms with Crippen molar-refractivity contribution in [2.45, 2.75) is 48.5 Å². The van der Waals surface area contributed by atoms with Gasteiger partial charge in [0.15, 0.2) is 0 Å². The lowest BCUT2D eigenvalue weighted by atomic mass is 9.84. The maximum Gasteiger partial charge on any atom is 0.326 e. The van der Waals surface area contributed by atoms with Crippen LogP contribution >= 0.6 is 20.7 Å². The number of hydrogen-bond acceptors (Lipinski definition) is 3. The van der Waals surface area contributed by atoms with Crippen molar-refractivity contribution in [3.05, 3.63) is 94.8 Å². The van der Waals surface area contributed by atoms with E-state index in [0.717, 1.165) is 31.0 Å². The second-order valence-electron chi connectivity index (χ2n) is 9.89. The van der Waals surface area contributed by atoms with Crippen LogP contribution in [0.15, 0.2) is 76.8 Å². The van der Waals surface area contributed by atoms with Gasteiger partial charge in [0.25, 0.3) is 5.91 Å². The summed E-state index contributed by atoms with van der Waals surface area (Å²) in [5.74, 6) is -1.58. The maximum absolute atomic E-state index is 14.3. The molecule has 1 aliphatic rings. The van der Waals surface area contributed by atoms with Crippen LogP contribution in [0.2, 0.25) is 0 Å². The van der Waals surface area contributed by atoms with Crippen molar-refractivity contribution in [2.24, 2.45) is 15.8 Å². The lowest BCUT2D eigenvalue weighted by molar-refractivity contribution is 0.100. The molecule has 0 atom stereocenters. The number of nitrogens with one attached hydrogen (secondary N) is 2. The molecule has 1 saturated carbocycles. The van der Waals surface area contributed by atoms with E-state index in [1.165, 1.54) is 41.9 Å². The molecule has 0 heterocycles.